The summed E-state index contributed by atoms with van der Waals surface area (Å²) in [6, 6.07) is 7.22. The summed E-state index contributed by atoms with van der Waals surface area (Å²) in [6.45, 7) is 2.02. The number of nitrogen functional groups attached to an aromatic ring is 1. The average Bonchev–Trinajstić information content (AvgIpc) is 2.51. The monoisotopic (exact) mass is 205 g/mol. The zero-order valence-electron chi connectivity index (χ0n) is 7.82. The van der Waals surface area contributed by atoms with Crippen molar-refractivity contribution in [3.8, 4) is 16.2 Å². The molecular weight excluding hydrogens is 194 g/mol. The maximum absolute atomic E-state index is 9.68. The van der Waals surface area contributed by atoms with Gasteiger partial charge in [-0.25, -0.2) is 0 Å². The molecule has 14 heavy (non-hydrogen) atoms. The van der Waals surface area contributed by atoms with Gasteiger partial charge in [0.05, 0.1) is 5.56 Å². The van der Waals surface area contributed by atoms with Crippen LogP contribution in [0, 0.1) is 6.92 Å². The molecule has 3 N–H and O–H groups in total. The number of anilines is 1. The quantitative estimate of drug-likeness (QED) is 0.703. The average molecular weight is 205 g/mol. The molecule has 72 valence electrons. The summed E-state index contributed by atoms with van der Waals surface area (Å²) in [5, 5.41) is 11.7. The zero-order valence-corrected chi connectivity index (χ0v) is 8.64. The van der Waals surface area contributed by atoms with Crippen molar-refractivity contribution in [2.45, 2.75) is 6.92 Å². The molecule has 0 unspecified atom stereocenters. The van der Waals surface area contributed by atoms with Gasteiger partial charge in [-0.15, -0.1) is 11.3 Å². The Morgan fingerprint density at radius 1 is 1.36 bits per heavy atom. The maximum atomic E-state index is 9.68. The van der Waals surface area contributed by atoms with Gasteiger partial charge in [-0.1, -0.05) is 6.07 Å². The third-order valence-corrected chi connectivity index (χ3v) is 3.12. The molecule has 0 amide bonds. The highest BCUT2D eigenvalue weighted by molar-refractivity contribution is 7.13. The van der Waals surface area contributed by atoms with Crippen molar-refractivity contribution in [3.63, 3.8) is 0 Å². The van der Waals surface area contributed by atoms with Crippen molar-refractivity contribution in [2.24, 2.45) is 0 Å². The minimum atomic E-state index is 0.242. The van der Waals surface area contributed by atoms with Crippen LogP contribution in [-0.4, -0.2) is 5.11 Å². The molecule has 0 aliphatic carbocycles. The summed E-state index contributed by atoms with van der Waals surface area (Å²) in [6.07, 6.45) is 0. The van der Waals surface area contributed by atoms with Crippen LogP contribution in [0.5, 0.6) is 5.75 Å². The molecule has 2 rings (SSSR count). The standard InChI is InChI=1S/C11H11NOS/c1-7-5-10(14-6-7)11-8(12)3-2-4-9(11)13/h2-6,13H,12H2,1H3. The lowest BCUT2D eigenvalue weighted by Gasteiger charge is -2.04. The first-order chi connectivity index (χ1) is 6.68. The zero-order chi connectivity index (χ0) is 10.1. The van der Waals surface area contributed by atoms with E-state index in [0.29, 0.717) is 5.69 Å². The fraction of sp³-hybridized carbons (Fsp3) is 0.0909. The fourth-order valence-corrected chi connectivity index (χ4v) is 2.36. The molecule has 1 heterocycles. The summed E-state index contributed by atoms with van der Waals surface area (Å²) in [7, 11) is 0. The number of hydrogen-bond acceptors (Lipinski definition) is 3. The first kappa shape index (κ1) is 9.09. The van der Waals surface area contributed by atoms with Gasteiger partial charge in [-0.05, 0) is 36.1 Å². The van der Waals surface area contributed by atoms with E-state index in [-0.39, 0.29) is 5.75 Å². The van der Waals surface area contributed by atoms with Crippen LogP contribution in [0.4, 0.5) is 5.69 Å². The predicted octanol–water partition coefficient (Wildman–Crippen LogP) is 3.01. The van der Waals surface area contributed by atoms with Gasteiger partial charge < -0.3 is 10.8 Å². The SMILES string of the molecule is Cc1csc(-c2c(N)cccc2O)c1. The lowest BCUT2D eigenvalue weighted by atomic mass is 10.1. The Morgan fingerprint density at radius 3 is 2.71 bits per heavy atom. The van der Waals surface area contributed by atoms with E-state index in [9.17, 15) is 5.11 Å². The largest absolute Gasteiger partial charge is 0.507 e. The fourth-order valence-electron chi connectivity index (χ4n) is 1.39. The van der Waals surface area contributed by atoms with E-state index in [4.69, 9.17) is 5.73 Å². The maximum Gasteiger partial charge on any atom is 0.126 e. The molecule has 0 aliphatic rings. The van der Waals surface area contributed by atoms with Gasteiger partial charge in [0, 0.05) is 10.6 Å². The normalized spacial score (nSPS) is 10.4. The minimum absolute atomic E-state index is 0.242. The van der Waals surface area contributed by atoms with Crippen LogP contribution in [0.25, 0.3) is 10.4 Å². The first-order valence-corrected chi connectivity index (χ1v) is 5.19. The predicted molar refractivity (Wildman–Crippen MR) is 60.6 cm³/mol. The molecule has 0 fully saturated rings. The third kappa shape index (κ3) is 1.46. The molecule has 2 aromatic rings. The topological polar surface area (TPSA) is 46.2 Å². The molecule has 3 heteroatoms. The number of phenolic OH excluding ortho intramolecular Hbond substituents is 1. The number of aryl methyl sites for hydroxylation is 1. The van der Waals surface area contributed by atoms with Crippen molar-refractivity contribution in [1.82, 2.24) is 0 Å². The summed E-state index contributed by atoms with van der Waals surface area (Å²) in [4.78, 5) is 1.01. The molecule has 0 spiro atoms. The highest BCUT2D eigenvalue weighted by Gasteiger charge is 2.09. The molecule has 0 bridgehead atoms. The molecule has 0 atom stereocenters. The molecule has 1 aromatic carbocycles. The molecule has 1 aromatic heterocycles. The summed E-state index contributed by atoms with van der Waals surface area (Å²) >= 11 is 1.59. The highest BCUT2D eigenvalue weighted by atomic mass is 32.1. The van der Waals surface area contributed by atoms with Gasteiger partial charge in [0.2, 0.25) is 0 Å². The van der Waals surface area contributed by atoms with Gasteiger partial charge in [0.25, 0.3) is 0 Å². The van der Waals surface area contributed by atoms with Crippen LogP contribution in [0.1, 0.15) is 5.56 Å². The molecule has 0 radical (unpaired) electrons. The summed E-state index contributed by atoms with van der Waals surface area (Å²) < 4.78 is 0. The van der Waals surface area contributed by atoms with Crippen LogP contribution < -0.4 is 5.73 Å². The Kier molecular flexibility index (Phi) is 2.17. The van der Waals surface area contributed by atoms with Crippen molar-refractivity contribution in [1.29, 1.82) is 0 Å². The molecule has 2 nitrogen and oxygen atoms in total. The van der Waals surface area contributed by atoms with Crippen molar-refractivity contribution >= 4 is 17.0 Å². The van der Waals surface area contributed by atoms with E-state index in [1.165, 1.54) is 5.56 Å². The minimum Gasteiger partial charge on any atom is -0.507 e. The van der Waals surface area contributed by atoms with Crippen LogP contribution in [-0.2, 0) is 0 Å². The second kappa shape index (κ2) is 3.35. The molecule has 0 saturated carbocycles. The molecule has 0 aliphatic heterocycles. The van der Waals surface area contributed by atoms with Crippen LogP contribution >= 0.6 is 11.3 Å². The van der Waals surface area contributed by atoms with Crippen LogP contribution in [0.2, 0.25) is 0 Å². The van der Waals surface area contributed by atoms with Crippen molar-refractivity contribution in [2.75, 3.05) is 5.73 Å². The number of nitrogens with two attached hydrogens (primary N) is 1. The Balaban J connectivity index is 2.61. The number of rotatable bonds is 1. The Bertz CT molecular complexity index is 442. The number of phenols is 1. The summed E-state index contributed by atoms with van der Waals surface area (Å²) in [5.41, 5.74) is 8.36. The second-order valence-electron chi connectivity index (χ2n) is 3.23. The lowest BCUT2D eigenvalue weighted by molar-refractivity contribution is 0.478. The van der Waals surface area contributed by atoms with Gasteiger partial charge in [0.1, 0.15) is 5.75 Å². The van der Waals surface area contributed by atoms with E-state index >= 15 is 0 Å². The first-order valence-electron chi connectivity index (χ1n) is 4.31. The van der Waals surface area contributed by atoms with Crippen molar-refractivity contribution in [3.05, 3.63) is 35.2 Å². The van der Waals surface area contributed by atoms with Gasteiger partial charge >= 0.3 is 0 Å². The Labute approximate surface area is 86.6 Å². The number of thiophene rings is 1. The smallest absolute Gasteiger partial charge is 0.126 e. The van der Waals surface area contributed by atoms with Crippen molar-refractivity contribution < 1.29 is 5.11 Å². The lowest BCUT2D eigenvalue weighted by Crippen LogP contribution is -1.88. The van der Waals surface area contributed by atoms with E-state index in [1.807, 2.05) is 18.4 Å². The van der Waals surface area contributed by atoms with Crippen LogP contribution in [0.3, 0.4) is 0 Å². The summed E-state index contributed by atoms with van der Waals surface area (Å²) in [5.74, 6) is 0.242. The van der Waals surface area contributed by atoms with E-state index < -0.39 is 0 Å². The molecule has 0 saturated heterocycles. The van der Waals surface area contributed by atoms with E-state index in [1.54, 1.807) is 29.5 Å². The Morgan fingerprint density at radius 2 is 2.14 bits per heavy atom. The number of hydrogen-bond donors (Lipinski definition) is 2. The van der Waals surface area contributed by atoms with Crippen LogP contribution in [0.15, 0.2) is 29.6 Å². The Hall–Kier alpha value is -1.48. The number of aromatic hydroxyl groups is 1. The van der Waals surface area contributed by atoms with Gasteiger partial charge in [-0.3, -0.25) is 0 Å². The second-order valence-corrected chi connectivity index (χ2v) is 4.14. The highest BCUT2D eigenvalue weighted by Crippen LogP contribution is 2.37. The third-order valence-electron chi connectivity index (χ3n) is 2.05. The van der Waals surface area contributed by atoms with E-state index in [0.717, 1.165) is 10.4 Å². The van der Waals surface area contributed by atoms with Gasteiger partial charge in [0.15, 0.2) is 0 Å². The van der Waals surface area contributed by atoms with Gasteiger partial charge in [-0.2, -0.15) is 0 Å². The molecular formula is C11H11NOS. The van der Waals surface area contributed by atoms with E-state index in [2.05, 4.69) is 0 Å². The number of benzene rings is 1.